The van der Waals surface area contributed by atoms with E-state index < -0.39 is 38.4 Å². The number of nitrogens with one attached hydrogen (secondary N) is 1. The minimum absolute atomic E-state index is 0.0773. The predicted octanol–water partition coefficient (Wildman–Crippen LogP) is 1.88. The second-order valence-corrected chi connectivity index (χ2v) is 10.8. The van der Waals surface area contributed by atoms with Crippen LogP contribution in [-0.4, -0.2) is 58.8 Å². The van der Waals surface area contributed by atoms with Crippen molar-refractivity contribution in [2.45, 2.75) is 17.7 Å². The Bertz CT molecular complexity index is 1180. The summed E-state index contributed by atoms with van der Waals surface area (Å²) in [6.07, 6.45) is 2.64. The summed E-state index contributed by atoms with van der Waals surface area (Å²) in [5.41, 5.74) is 0.479. The number of anilines is 1. The number of hydrogen-bond acceptors (Lipinski definition) is 7. The fourth-order valence-electron chi connectivity index (χ4n) is 3.11. The molecule has 1 fully saturated rings. The lowest BCUT2D eigenvalue weighted by atomic mass is 10.1. The molecule has 2 aromatic rings. The van der Waals surface area contributed by atoms with E-state index in [9.17, 15) is 26.4 Å². The minimum atomic E-state index is -3.57. The molecule has 1 heterocycles. The number of rotatable bonds is 8. The first-order valence-corrected chi connectivity index (χ1v) is 12.8. The molecule has 0 spiro atoms. The summed E-state index contributed by atoms with van der Waals surface area (Å²) in [6.45, 7) is 0.431. The van der Waals surface area contributed by atoms with Gasteiger partial charge in [-0.15, -0.1) is 0 Å². The number of sulfonamides is 2. The second-order valence-electron chi connectivity index (χ2n) is 7.09. The SMILES string of the molecule is CS(=O)(=O)Nc1cccc(C(=O)OCC(=O)c2ccc(S(=O)(=O)N3CCCC3)cc2)c1. The van der Waals surface area contributed by atoms with Gasteiger partial charge in [-0.1, -0.05) is 6.07 Å². The van der Waals surface area contributed by atoms with Crippen LogP contribution in [0, 0.1) is 0 Å². The molecule has 3 rings (SSSR count). The Kier molecular flexibility index (Phi) is 6.77. The van der Waals surface area contributed by atoms with E-state index in [1.54, 1.807) is 0 Å². The Morgan fingerprint density at radius 2 is 1.61 bits per heavy atom. The number of benzene rings is 2. The van der Waals surface area contributed by atoms with Crippen LogP contribution in [0.4, 0.5) is 5.69 Å². The first-order chi connectivity index (χ1) is 14.6. The molecule has 0 aromatic heterocycles. The highest BCUT2D eigenvalue weighted by Crippen LogP contribution is 2.21. The third-order valence-electron chi connectivity index (χ3n) is 4.61. The average Bonchev–Trinajstić information content (AvgIpc) is 3.26. The maximum absolute atomic E-state index is 12.5. The van der Waals surface area contributed by atoms with Crippen LogP contribution in [0.25, 0.3) is 0 Å². The number of carbonyl (C=O) groups excluding carboxylic acids is 2. The molecule has 0 bridgehead atoms. The van der Waals surface area contributed by atoms with Crippen LogP contribution in [0.1, 0.15) is 33.6 Å². The van der Waals surface area contributed by atoms with Crippen molar-refractivity contribution in [3.05, 3.63) is 59.7 Å². The monoisotopic (exact) mass is 466 g/mol. The standard InChI is InChI=1S/C20H22N2O7S2/c1-30(25,26)21-17-6-4-5-16(13-17)20(24)29-14-19(23)15-7-9-18(10-8-15)31(27,28)22-11-2-3-12-22/h4-10,13,21H,2-3,11-12,14H2,1H3. The molecule has 1 N–H and O–H groups in total. The van der Waals surface area contributed by atoms with E-state index >= 15 is 0 Å². The zero-order valence-corrected chi connectivity index (χ0v) is 18.4. The summed E-state index contributed by atoms with van der Waals surface area (Å²) in [5, 5.41) is 0. The van der Waals surface area contributed by atoms with Gasteiger partial charge in [0.2, 0.25) is 20.0 Å². The van der Waals surface area contributed by atoms with Gasteiger partial charge in [-0.05, 0) is 55.3 Å². The lowest BCUT2D eigenvalue weighted by Gasteiger charge is -2.15. The van der Waals surface area contributed by atoms with Crippen molar-refractivity contribution in [1.82, 2.24) is 4.31 Å². The third kappa shape index (κ3) is 5.90. The van der Waals surface area contributed by atoms with Gasteiger partial charge < -0.3 is 4.74 Å². The molecule has 0 atom stereocenters. The number of carbonyl (C=O) groups is 2. The molecule has 0 amide bonds. The van der Waals surface area contributed by atoms with Crippen LogP contribution in [-0.2, 0) is 24.8 Å². The molecule has 0 radical (unpaired) electrons. The van der Waals surface area contributed by atoms with Crippen LogP contribution < -0.4 is 4.72 Å². The first-order valence-electron chi connectivity index (χ1n) is 9.45. The molecular formula is C20H22N2O7S2. The molecule has 0 aliphatic carbocycles. The highest BCUT2D eigenvalue weighted by molar-refractivity contribution is 7.92. The smallest absolute Gasteiger partial charge is 0.338 e. The number of Topliss-reactive ketones (excluding diaryl/α,β-unsaturated/α-hetero) is 1. The van der Waals surface area contributed by atoms with E-state index in [1.807, 2.05) is 0 Å². The summed E-state index contributed by atoms with van der Waals surface area (Å²) in [4.78, 5) is 24.6. The van der Waals surface area contributed by atoms with Crippen molar-refractivity contribution in [1.29, 1.82) is 0 Å². The number of hydrogen-bond donors (Lipinski definition) is 1. The zero-order chi connectivity index (χ0) is 22.6. The summed E-state index contributed by atoms with van der Waals surface area (Å²) in [7, 11) is -7.08. The van der Waals surface area contributed by atoms with Gasteiger partial charge >= 0.3 is 5.97 Å². The molecule has 1 aliphatic heterocycles. The third-order valence-corrected chi connectivity index (χ3v) is 7.13. The number of nitrogens with zero attached hydrogens (tertiary/aromatic N) is 1. The van der Waals surface area contributed by atoms with Crippen molar-refractivity contribution in [2.24, 2.45) is 0 Å². The summed E-state index contributed by atoms with van der Waals surface area (Å²) < 4.78 is 56.3. The number of esters is 1. The Labute approximate surface area is 181 Å². The molecule has 0 unspecified atom stereocenters. The van der Waals surface area contributed by atoms with Crippen molar-refractivity contribution in [3.8, 4) is 0 Å². The zero-order valence-electron chi connectivity index (χ0n) is 16.8. The van der Waals surface area contributed by atoms with E-state index in [4.69, 9.17) is 4.74 Å². The number of ether oxygens (including phenoxy) is 1. The average molecular weight is 467 g/mol. The summed E-state index contributed by atoms with van der Waals surface area (Å²) in [6, 6.07) is 11.2. The Morgan fingerprint density at radius 3 is 2.23 bits per heavy atom. The van der Waals surface area contributed by atoms with E-state index in [0.717, 1.165) is 19.1 Å². The lowest BCUT2D eigenvalue weighted by Crippen LogP contribution is -2.27. The van der Waals surface area contributed by atoms with Gasteiger partial charge in [0.25, 0.3) is 0 Å². The number of ketones is 1. The highest BCUT2D eigenvalue weighted by Gasteiger charge is 2.27. The fraction of sp³-hybridized carbons (Fsp3) is 0.300. The highest BCUT2D eigenvalue weighted by atomic mass is 32.2. The van der Waals surface area contributed by atoms with Crippen LogP contribution in [0.3, 0.4) is 0 Å². The van der Waals surface area contributed by atoms with Gasteiger partial charge in [-0.25, -0.2) is 21.6 Å². The van der Waals surface area contributed by atoms with Gasteiger partial charge in [-0.3, -0.25) is 9.52 Å². The Hall–Kier alpha value is -2.76. The molecule has 31 heavy (non-hydrogen) atoms. The summed E-state index contributed by atoms with van der Waals surface area (Å²) in [5.74, 6) is -1.29. The van der Waals surface area contributed by atoms with Gasteiger partial charge in [0, 0.05) is 24.3 Å². The van der Waals surface area contributed by atoms with Crippen LogP contribution in [0.2, 0.25) is 0 Å². The second kappa shape index (κ2) is 9.16. The van der Waals surface area contributed by atoms with E-state index in [-0.39, 0.29) is 21.7 Å². The first kappa shape index (κ1) is 22.9. The Balaban J connectivity index is 1.62. The van der Waals surface area contributed by atoms with Crippen LogP contribution in [0.15, 0.2) is 53.4 Å². The van der Waals surface area contributed by atoms with Gasteiger partial charge in [0.1, 0.15) is 0 Å². The molecule has 11 heteroatoms. The maximum Gasteiger partial charge on any atom is 0.338 e. The van der Waals surface area contributed by atoms with Crippen LogP contribution in [0.5, 0.6) is 0 Å². The summed E-state index contributed by atoms with van der Waals surface area (Å²) >= 11 is 0. The largest absolute Gasteiger partial charge is 0.454 e. The molecule has 1 saturated heterocycles. The topological polar surface area (TPSA) is 127 Å². The fourth-order valence-corrected chi connectivity index (χ4v) is 5.18. The van der Waals surface area contributed by atoms with Gasteiger partial charge in [0.15, 0.2) is 12.4 Å². The van der Waals surface area contributed by atoms with Crippen molar-refractivity contribution in [2.75, 3.05) is 30.7 Å². The van der Waals surface area contributed by atoms with Gasteiger partial charge in [-0.2, -0.15) is 4.31 Å². The minimum Gasteiger partial charge on any atom is -0.454 e. The molecule has 2 aromatic carbocycles. The van der Waals surface area contributed by atoms with Crippen molar-refractivity contribution in [3.63, 3.8) is 0 Å². The molecule has 166 valence electrons. The van der Waals surface area contributed by atoms with E-state index in [0.29, 0.717) is 13.1 Å². The van der Waals surface area contributed by atoms with E-state index in [1.165, 1.54) is 52.8 Å². The van der Waals surface area contributed by atoms with E-state index in [2.05, 4.69) is 4.72 Å². The lowest BCUT2D eigenvalue weighted by molar-refractivity contribution is 0.0475. The quantitative estimate of drug-likeness (QED) is 0.465. The normalized spacial score (nSPS) is 14.9. The molecule has 9 nitrogen and oxygen atoms in total. The predicted molar refractivity (Wildman–Crippen MR) is 114 cm³/mol. The maximum atomic E-state index is 12.5. The van der Waals surface area contributed by atoms with Crippen molar-refractivity contribution < 1.29 is 31.2 Å². The van der Waals surface area contributed by atoms with Crippen molar-refractivity contribution >= 4 is 37.5 Å². The Morgan fingerprint density at radius 1 is 0.968 bits per heavy atom. The molecular weight excluding hydrogens is 444 g/mol. The molecule has 0 saturated carbocycles. The van der Waals surface area contributed by atoms with Gasteiger partial charge in [0.05, 0.1) is 16.7 Å². The van der Waals surface area contributed by atoms with Crippen LogP contribution >= 0.6 is 0 Å². The molecule has 1 aliphatic rings.